The molecular formula is C4H9NOS. The average molecular weight is 119 g/mol. The van der Waals surface area contributed by atoms with Gasteiger partial charge in [-0.3, -0.25) is 4.99 Å². The lowest BCUT2D eigenvalue weighted by molar-refractivity contribution is 0.311. The number of hydrogen-bond acceptors (Lipinski definition) is 3. The lowest BCUT2D eigenvalue weighted by Gasteiger charge is -1.98. The van der Waals surface area contributed by atoms with Crippen LogP contribution in [0.1, 0.15) is 6.92 Å². The Bertz CT molecular complexity index is 62.7. The van der Waals surface area contributed by atoms with Gasteiger partial charge in [-0.05, 0) is 6.92 Å². The van der Waals surface area contributed by atoms with Crippen molar-refractivity contribution >= 4 is 19.0 Å². The topological polar surface area (TPSA) is 21.6 Å². The van der Waals surface area contributed by atoms with Crippen LogP contribution in [0.2, 0.25) is 0 Å². The average Bonchev–Trinajstić information content (AvgIpc) is 1.61. The Morgan fingerprint density at radius 2 is 2.43 bits per heavy atom. The summed E-state index contributed by atoms with van der Waals surface area (Å²) in [5, 5.41) is 0. The van der Waals surface area contributed by atoms with Crippen molar-refractivity contribution in [2.75, 3.05) is 7.05 Å². The van der Waals surface area contributed by atoms with Crippen molar-refractivity contribution in [3.05, 3.63) is 0 Å². The first kappa shape index (κ1) is 6.82. The number of aliphatic imine (C=N–C) groups is 1. The van der Waals surface area contributed by atoms with E-state index in [2.05, 4.69) is 17.6 Å². The third kappa shape index (κ3) is 5.82. The van der Waals surface area contributed by atoms with Gasteiger partial charge in [-0.25, -0.2) is 0 Å². The van der Waals surface area contributed by atoms with Crippen LogP contribution in [0, 0.1) is 0 Å². The predicted molar refractivity (Wildman–Crippen MR) is 33.9 cm³/mol. The molecule has 7 heavy (non-hydrogen) atoms. The first-order valence-corrected chi connectivity index (χ1v) is 2.53. The van der Waals surface area contributed by atoms with E-state index in [9.17, 15) is 0 Å². The van der Waals surface area contributed by atoms with Crippen LogP contribution in [0.15, 0.2) is 4.99 Å². The largest absolute Gasteiger partial charge is 0.470 e. The van der Waals surface area contributed by atoms with Gasteiger partial charge in [0.2, 0.25) is 0 Å². The summed E-state index contributed by atoms with van der Waals surface area (Å²) in [7, 11) is 1.65. The van der Waals surface area contributed by atoms with Gasteiger partial charge in [0.25, 0.3) is 0 Å². The standard InChI is InChI=1S/C4H9NOS/c1-4(7)6-3-5-2/h3-4,7H,1-2H3/b5-3-. The molecule has 0 aromatic heterocycles. The third-order valence-corrected chi connectivity index (χ3v) is 0.485. The van der Waals surface area contributed by atoms with E-state index in [1.54, 1.807) is 7.05 Å². The molecular weight excluding hydrogens is 110 g/mol. The summed E-state index contributed by atoms with van der Waals surface area (Å²) in [5.74, 6) is 0. The van der Waals surface area contributed by atoms with Crippen LogP contribution in [0.4, 0.5) is 0 Å². The van der Waals surface area contributed by atoms with Crippen LogP contribution in [-0.4, -0.2) is 18.9 Å². The van der Waals surface area contributed by atoms with Gasteiger partial charge in [-0.15, -0.1) is 12.6 Å². The molecule has 0 radical (unpaired) electrons. The summed E-state index contributed by atoms with van der Waals surface area (Å²) < 4.78 is 4.76. The first-order valence-electron chi connectivity index (χ1n) is 2.01. The van der Waals surface area contributed by atoms with Crippen LogP contribution in [0.25, 0.3) is 0 Å². The summed E-state index contributed by atoms with van der Waals surface area (Å²) in [5.41, 5.74) is -0.0521. The molecule has 0 heterocycles. The monoisotopic (exact) mass is 119 g/mol. The van der Waals surface area contributed by atoms with Crippen molar-refractivity contribution < 1.29 is 4.74 Å². The van der Waals surface area contributed by atoms with Crippen molar-refractivity contribution in [1.82, 2.24) is 0 Å². The highest BCUT2D eigenvalue weighted by Gasteiger charge is 1.83. The van der Waals surface area contributed by atoms with Gasteiger partial charge in [0.15, 0.2) is 6.40 Å². The number of rotatable bonds is 2. The van der Waals surface area contributed by atoms with E-state index in [-0.39, 0.29) is 5.44 Å². The van der Waals surface area contributed by atoms with Gasteiger partial charge >= 0.3 is 0 Å². The maximum absolute atomic E-state index is 4.76. The Hall–Kier alpha value is -0.180. The summed E-state index contributed by atoms with van der Waals surface area (Å²) in [4.78, 5) is 3.58. The molecule has 0 bridgehead atoms. The second-order valence-electron chi connectivity index (χ2n) is 1.10. The first-order chi connectivity index (χ1) is 3.27. The SMILES string of the molecule is C/N=C\OC(C)S. The van der Waals surface area contributed by atoms with E-state index in [1.807, 2.05) is 6.92 Å². The summed E-state index contributed by atoms with van der Waals surface area (Å²) in [6.45, 7) is 1.82. The molecule has 0 aliphatic heterocycles. The molecule has 0 amide bonds. The quantitative estimate of drug-likeness (QED) is 0.248. The van der Waals surface area contributed by atoms with Crippen molar-refractivity contribution in [2.45, 2.75) is 12.4 Å². The van der Waals surface area contributed by atoms with E-state index >= 15 is 0 Å². The van der Waals surface area contributed by atoms with Crippen molar-refractivity contribution in [2.24, 2.45) is 4.99 Å². The molecule has 42 valence electrons. The Kier molecular flexibility index (Phi) is 3.89. The Morgan fingerprint density at radius 1 is 1.86 bits per heavy atom. The van der Waals surface area contributed by atoms with E-state index in [0.29, 0.717) is 0 Å². The lowest BCUT2D eigenvalue weighted by atomic mass is 10.9. The number of thiol groups is 1. The molecule has 3 heteroatoms. The highest BCUT2D eigenvalue weighted by Crippen LogP contribution is 1.89. The molecule has 1 unspecified atom stereocenters. The van der Waals surface area contributed by atoms with Gasteiger partial charge in [0.1, 0.15) is 5.44 Å². The fraction of sp³-hybridized carbons (Fsp3) is 0.750. The van der Waals surface area contributed by atoms with Crippen molar-refractivity contribution in [3.63, 3.8) is 0 Å². The van der Waals surface area contributed by atoms with E-state index in [0.717, 1.165) is 0 Å². The molecule has 0 aliphatic carbocycles. The van der Waals surface area contributed by atoms with Crippen molar-refractivity contribution in [1.29, 1.82) is 0 Å². The van der Waals surface area contributed by atoms with Crippen LogP contribution in [0.3, 0.4) is 0 Å². The van der Waals surface area contributed by atoms with E-state index < -0.39 is 0 Å². The highest BCUT2D eigenvalue weighted by atomic mass is 32.1. The molecule has 0 rings (SSSR count). The van der Waals surface area contributed by atoms with Crippen LogP contribution in [0.5, 0.6) is 0 Å². The van der Waals surface area contributed by atoms with Gasteiger partial charge in [0, 0.05) is 7.05 Å². The predicted octanol–water partition coefficient (Wildman–Crippen LogP) is 0.937. The summed E-state index contributed by atoms with van der Waals surface area (Å²) in [6.07, 6.45) is 1.37. The van der Waals surface area contributed by atoms with E-state index in [1.165, 1.54) is 6.40 Å². The highest BCUT2D eigenvalue weighted by molar-refractivity contribution is 7.80. The second kappa shape index (κ2) is 3.99. The van der Waals surface area contributed by atoms with Gasteiger partial charge < -0.3 is 4.74 Å². The Balaban J connectivity index is 2.97. The van der Waals surface area contributed by atoms with Crippen LogP contribution >= 0.6 is 12.6 Å². The minimum atomic E-state index is -0.0521. The Morgan fingerprint density at radius 3 is 2.57 bits per heavy atom. The zero-order valence-electron chi connectivity index (χ0n) is 4.46. The minimum Gasteiger partial charge on any atom is -0.470 e. The van der Waals surface area contributed by atoms with E-state index in [4.69, 9.17) is 4.74 Å². The molecule has 0 N–H and O–H groups in total. The van der Waals surface area contributed by atoms with Gasteiger partial charge in [0.05, 0.1) is 0 Å². The fourth-order valence-corrected chi connectivity index (χ4v) is 0.203. The smallest absolute Gasteiger partial charge is 0.170 e. The second-order valence-corrected chi connectivity index (χ2v) is 1.83. The molecule has 0 saturated carbocycles. The summed E-state index contributed by atoms with van der Waals surface area (Å²) >= 11 is 3.92. The van der Waals surface area contributed by atoms with Crippen LogP contribution < -0.4 is 0 Å². The molecule has 0 saturated heterocycles. The lowest BCUT2D eigenvalue weighted by Crippen LogP contribution is -1.95. The number of hydrogen-bond donors (Lipinski definition) is 1. The zero-order chi connectivity index (χ0) is 5.70. The molecule has 0 aromatic carbocycles. The maximum atomic E-state index is 4.76. The van der Waals surface area contributed by atoms with Gasteiger partial charge in [-0.1, -0.05) is 0 Å². The molecule has 2 nitrogen and oxygen atoms in total. The molecule has 0 aliphatic rings. The molecule has 1 atom stereocenters. The van der Waals surface area contributed by atoms with Crippen LogP contribution in [-0.2, 0) is 4.74 Å². The maximum Gasteiger partial charge on any atom is 0.170 e. The van der Waals surface area contributed by atoms with Gasteiger partial charge in [-0.2, -0.15) is 0 Å². The zero-order valence-corrected chi connectivity index (χ0v) is 5.35. The third-order valence-electron chi connectivity index (χ3n) is 0.363. The minimum absolute atomic E-state index is 0.0521. The summed E-state index contributed by atoms with van der Waals surface area (Å²) in [6, 6.07) is 0. The van der Waals surface area contributed by atoms with Crippen molar-refractivity contribution in [3.8, 4) is 0 Å². The fourth-order valence-electron chi connectivity index (χ4n) is 0.149. The number of ether oxygens (including phenoxy) is 1. The molecule has 0 aromatic rings. The normalized spacial score (nSPS) is 14.7. The molecule has 0 spiro atoms. The number of nitrogens with zero attached hydrogens (tertiary/aromatic N) is 1. The Labute approximate surface area is 49.0 Å². The molecule has 0 fully saturated rings.